The Morgan fingerprint density at radius 3 is 2.15 bits per heavy atom. The quantitative estimate of drug-likeness (QED) is 0.868. The van der Waals surface area contributed by atoms with Crippen LogP contribution in [0.1, 0.15) is 21.5 Å². The monoisotopic (exact) mass is 288 g/mol. The Labute approximate surface area is 118 Å². The molecule has 4 heteroatoms. The van der Waals surface area contributed by atoms with Gasteiger partial charge >= 0.3 is 0 Å². The van der Waals surface area contributed by atoms with Crippen LogP contribution in [-0.2, 0) is 4.57 Å². The Morgan fingerprint density at radius 2 is 1.60 bits per heavy atom. The SMILES string of the molecule is Cc1c(C(=O)P(C)(=O)O)ccc(-c2ccccc2)c1C. The maximum absolute atomic E-state index is 12.0. The Balaban J connectivity index is 2.56. The fraction of sp³-hybridized carbons (Fsp3) is 0.188. The lowest BCUT2D eigenvalue weighted by atomic mass is 9.94. The summed E-state index contributed by atoms with van der Waals surface area (Å²) >= 11 is 0. The molecule has 3 nitrogen and oxygen atoms in total. The Kier molecular flexibility index (Phi) is 3.94. The van der Waals surface area contributed by atoms with E-state index < -0.39 is 12.9 Å². The highest BCUT2D eigenvalue weighted by Crippen LogP contribution is 2.41. The Morgan fingerprint density at radius 1 is 1.00 bits per heavy atom. The van der Waals surface area contributed by atoms with Crippen molar-refractivity contribution in [2.45, 2.75) is 13.8 Å². The summed E-state index contributed by atoms with van der Waals surface area (Å²) in [5, 5.41) is 0. The van der Waals surface area contributed by atoms with Crippen LogP contribution in [0.2, 0.25) is 0 Å². The molecule has 0 fully saturated rings. The lowest BCUT2D eigenvalue weighted by molar-refractivity contribution is 0.106. The number of benzene rings is 2. The highest BCUT2D eigenvalue weighted by atomic mass is 31.2. The van der Waals surface area contributed by atoms with Gasteiger partial charge < -0.3 is 4.89 Å². The molecule has 1 unspecified atom stereocenters. The molecule has 0 aliphatic rings. The second kappa shape index (κ2) is 5.35. The minimum Gasteiger partial charge on any atom is -0.339 e. The lowest BCUT2D eigenvalue weighted by Gasteiger charge is -2.14. The molecular formula is C16H17O3P. The van der Waals surface area contributed by atoms with E-state index in [9.17, 15) is 14.3 Å². The summed E-state index contributed by atoms with van der Waals surface area (Å²) in [5.74, 6) is 0. The topological polar surface area (TPSA) is 54.4 Å². The molecule has 1 N–H and O–H groups in total. The predicted molar refractivity (Wildman–Crippen MR) is 81.4 cm³/mol. The Hall–Kier alpha value is -1.70. The third kappa shape index (κ3) is 2.74. The number of hydrogen-bond acceptors (Lipinski definition) is 2. The van der Waals surface area contributed by atoms with Crippen LogP contribution in [0.3, 0.4) is 0 Å². The van der Waals surface area contributed by atoms with Crippen molar-refractivity contribution in [2.75, 3.05) is 6.66 Å². The molecule has 0 aliphatic carbocycles. The number of hydrogen-bond donors (Lipinski definition) is 1. The van der Waals surface area contributed by atoms with Gasteiger partial charge in [-0.2, -0.15) is 0 Å². The molecule has 0 saturated heterocycles. The molecule has 0 radical (unpaired) electrons. The first-order valence-corrected chi connectivity index (χ1v) is 8.44. The van der Waals surface area contributed by atoms with E-state index in [1.807, 2.05) is 50.2 Å². The van der Waals surface area contributed by atoms with Crippen LogP contribution in [0, 0.1) is 13.8 Å². The van der Waals surface area contributed by atoms with Gasteiger partial charge in [0, 0.05) is 12.2 Å². The van der Waals surface area contributed by atoms with E-state index in [2.05, 4.69) is 0 Å². The number of carbonyl (C=O) groups is 1. The van der Waals surface area contributed by atoms with E-state index in [0.717, 1.165) is 28.9 Å². The van der Waals surface area contributed by atoms with Crippen molar-refractivity contribution in [1.29, 1.82) is 0 Å². The van der Waals surface area contributed by atoms with Crippen LogP contribution < -0.4 is 0 Å². The molecule has 0 bridgehead atoms. The molecule has 104 valence electrons. The van der Waals surface area contributed by atoms with Crippen LogP contribution >= 0.6 is 7.37 Å². The summed E-state index contributed by atoms with van der Waals surface area (Å²) < 4.78 is 11.5. The van der Waals surface area contributed by atoms with Crippen molar-refractivity contribution in [1.82, 2.24) is 0 Å². The number of rotatable bonds is 3. The van der Waals surface area contributed by atoms with E-state index in [-0.39, 0.29) is 0 Å². The zero-order valence-corrected chi connectivity index (χ0v) is 12.6. The van der Waals surface area contributed by atoms with Crippen LogP contribution in [-0.4, -0.2) is 17.1 Å². The molecule has 20 heavy (non-hydrogen) atoms. The maximum atomic E-state index is 12.0. The normalized spacial score (nSPS) is 13.8. The minimum atomic E-state index is -3.75. The average molecular weight is 288 g/mol. The van der Waals surface area contributed by atoms with Gasteiger partial charge in [0.15, 0.2) is 0 Å². The van der Waals surface area contributed by atoms with Gasteiger partial charge in [-0.3, -0.25) is 9.36 Å². The number of carbonyl (C=O) groups excluding carboxylic acids is 1. The molecule has 0 saturated carbocycles. The highest BCUT2D eigenvalue weighted by molar-refractivity contribution is 7.75. The molecule has 1 atom stereocenters. The molecule has 2 aromatic carbocycles. The van der Waals surface area contributed by atoms with Gasteiger partial charge in [-0.25, -0.2) is 0 Å². The van der Waals surface area contributed by atoms with Crippen LogP contribution in [0.25, 0.3) is 11.1 Å². The van der Waals surface area contributed by atoms with Crippen molar-refractivity contribution in [3.05, 3.63) is 59.2 Å². The standard InChI is InChI=1S/C16H17O3P/c1-11-12(2)15(16(17)20(3,18)19)10-9-14(11)13-7-5-4-6-8-13/h4-10H,1-3H3,(H,18,19). The molecule has 2 aromatic rings. The van der Waals surface area contributed by atoms with Crippen molar-refractivity contribution in [3.63, 3.8) is 0 Å². The van der Waals surface area contributed by atoms with Gasteiger partial charge in [-0.05, 0) is 42.2 Å². The van der Waals surface area contributed by atoms with Gasteiger partial charge in [0.25, 0.3) is 7.37 Å². The molecule has 0 aromatic heterocycles. The van der Waals surface area contributed by atoms with Crippen LogP contribution in [0.5, 0.6) is 0 Å². The van der Waals surface area contributed by atoms with Crippen molar-refractivity contribution in [2.24, 2.45) is 0 Å². The van der Waals surface area contributed by atoms with Gasteiger partial charge in [0.05, 0.1) is 0 Å². The van der Waals surface area contributed by atoms with E-state index in [1.165, 1.54) is 0 Å². The van der Waals surface area contributed by atoms with E-state index in [0.29, 0.717) is 5.56 Å². The van der Waals surface area contributed by atoms with Crippen molar-refractivity contribution in [3.8, 4) is 11.1 Å². The molecule has 0 aliphatic heterocycles. The summed E-state index contributed by atoms with van der Waals surface area (Å²) in [6.45, 7) is 4.81. The van der Waals surface area contributed by atoms with Gasteiger partial charge in [0.2, 0.25) is 5.52 Å². The summed E-state index contributed by atoms with van der Waals surface area (Å²) in [7, 11) is -3.75. The molecule has 2 rings (SSSR count). The van der Waals surface area contributed by atoms with E-state index >= 15 is 0 Å². The second-order valence-electron chi connectivity index (χ2n) is 4.96. The second-order valence-corrected chi connectivity index (χ2v) is 7.13. The molecular weight excluding hydrogens is 271 g/mol. The van der Waals surface area contributed by atoms with E-state index in [1.54, 1.807) is 6.07 Å². The summed E-state index contributed by atoms with van der Waals surface area (Å²) in [6.07, 6.45) is 0. The van der Waals surface area contributed by atoms with Crippen molar-refractivity contribution < 1.29 is 14.3 Å². The smallest absolute Gasteiger partial charge is 0.266 e. The van der Waals surface area contributed by atoms with Crippen molar-refractivity contribution >= 4 is 12.9 Å². The zero-order valence-electron chi connectivity index (χ0n) is 11.8. The molecule has 0 spiro atoms. The zero-order chi connectivity index (χ0) is 14.9. The van der Waals surface area contributed by atoms with Crippen LogP contribution in [0.15, 0.2) is 42.5 Å². The van der Waals surface area contributed by atoms with Gasteiger partial charge in [-0.1, -0.05) is 36.4 Å². The third-order valence-electron chi connectivity index (χ3n) is 3.48. The summed E-state index contributed by atoms with van der Waals surface area (Å²) in [5.41, 5.74) is 3.45. The lowest BCUT2D eigenvalue weighted by Crippen LogP contribution is -2.04. The minimum absolute atomic E-state index is 0.329. The summed E-state index contributed by atoms with van der Waals surface area (Å²) in [4.78, 5) is 21.4. The predicted octanol–water partition coefficient (Wildman–Crippen LogP) is 4.01. The first-order chi connectivity index (χ1) is 9.32. The molecule has 0 amide bonds. The average Bonchev–Trinajstić information content (AvgIpc) is 2.41. The maximum Gasteiger partial charge on any atom is 0.266 e. The fourth-order valence-corrected chi connectivity index (χ4v) is 2.90. The third-order valence-corrected chi connectivity index (χ3v) is 4.47. The largest absolute Gasteiger partial charge is 0.339 e. The molecule has 0 heterocycles. The first-order valence-electron chi connectivity index (χ1n) is 6.33. The Bertz CT molecular complexity index is 699. The highest BCUT2D eigenvalue weighted by Gasteiger charge is 2.26. The fourth-order valence-electron chi connectivity index (χ4n) is 2.21. The first kappa shape index (κ1) is 14.7. The van der Waals surface area contributed by atoms with Crippen LogP contribution in [0.4, 0.5) is 0 Å². The summed E-state index contributed by atoms with van der Waals surface area (Å²) in [6, 6.07) is 13.3. The van der Waals surface area contributed by atoms with Gasteiger partial charge in [0.1, 0.15) is 0 Å². The van der Waals surface area contributed by atoms with Gasteiger partial charge in [-0.15, -0.1) is 0 Å². The van der Waals surface area contributed by atoms with E-state index in [4.69, 9.17) is 0 Å².